The summed E-state index contributed by atoms with van der Waals surface area (Å²) in [6.07, 6.45) is 4.69. The molecule has 0 unspecified atom stereocenters. The minimum atomic E-state index is 0.280. The highest BCUT2D eigenvalue weighted by atomic mass is 16.5. The highest BCUT2D eigenvalue weighted by molar-refractivity contribution is 5.51. The largest absolute Gasteiger partial charge is 0.489 e. The molecule has 0 saturated heterocycles. The van der Waals surface area contributed by atoms with E-state index in [2.05, 4.69) is 0 Å². The molecule has 2 aliphatic rings. The molecule has 0 amide bonds. The third kappa shape index (κ3) is 2.14. The van der Waals surface area contributed by atoms with Gasteiger partial charge in [-0.2, -0.15) is 0 Å². The summed E-state index contributed by atoms with van der Waals surface area (Å²) in [5.74, 6) is 1.67. The van der Waals surface area contributed by atoms with Crippen LogP contribution in [0.1, 0.15) is 24.8 Å². The third-order valence-corrected chi connectivity index (χ3v) is 3.58. The maximum atomic E-state index is 10.4. The molecular weight excluding hydrogens is 216 g/mol. The molecule has 1 spiro atoms. The Balaban J connectivity index is 1.78. The molecule has 0 N–H and O–H groups in total. The van der Waals surface area contributed by atoms with E-state index in [4.69, 9.17) is 9.47 Å². The lowest BCUT2D eigenvalue weighted by atomic mass is 10.1. The van der Waals surface area contributed by atoms with Crippen LogP contribution >= 0.6 is 0 Å². The quantitative estimate of drug-likeness (QED) is 0.750. The second kappa shape index (κ2) is 4.06. The molecule has 3 rings (SSSR count). The Kier molecular flexibility index (Phi) is 2.54. The Morgan fingerprint density at radius 3 is 2.65 bits per heavy atom. The van der Waals surface area contributed by atoms with Crippen LogP contribution in [-0.2, 0) is 11.2 Å². The molecular formula is C14H16O3. The van der Waals surface area contributed by atoms with Gasteiger partial charge in [-0.25, -0.2) is 0 Å². The van der Waals surface area contributed by atoms with E-state index in [1.54, 1.807) is 0 Å². The molecule has 1 fully saturated rings. The highest BCUT2D eigenvalue weighted by Gasteiger charge is 2.46. The monoisotopic (exact) mass is 232 g/mol. The molecule has 0 atom stereocenters. The number of hydrogen-bond donors (Lipinski definition) is 0. The first kappa shape index (κ1) is 10.6. The molecule has 1 aliphatic carbocycles. The highest BCUT2D eigenvalue weighted by Crippen LogP contribution is 2.49. The summed E-state index contributed by atoms with van der Waals surface area (Å²) in [7, 11) is 0. The first-order chi connectivity index (χ1) is 8.31. The van der Waals surface area contributed by atoms with Crippen molar-refractivity contribution < 1.29 is 14.3 Å². The van der Waals surface area contributed by atoms with Crippen LogP contribution in [0, 0.1) is 5.41 Å². The van der Waals surface area contributed by atoms with Gasteiger partial charge in [-0.3, -0.25) is 0 Å². The number of benzene rings is 1. The zero-order valence-corrected chi connectivity index (χ0v) is 9.78. The number of ether oxygens (including phenoxy) is 2. The molecule has 17 heavy (non-hydrogen) atoms. The van der Waals surface area contributed by atoms with Crippen molar-refractivity contribution in [3.05, 3.63) is 23.8 Å². The van der Waals surface area contributed by atoms with Gasteiger partial charge in [0.1, 0.15) is 6.29 Å². The molecule has 1 saturated carbocycles. The first-order valence-electron chi connectivity index (χ1n) is 6.14. The number of carbonyl (C=O) groups is 1. The zero-order valence-electron chi connectivity index (χ0n) is 9.78. The van der Waals surface area contributed by atoms with E-state index < -0.39 is 0 Å². The van der Waals surface area contributed by atoms with Gasteiger partial charge < -0.3 is 14.3 Å². The van der Waals surface area contributed by atoms with Crippen molar-refractivity contribution in [1.29, 1.82) is 0 Å². The number of carbonyl (C=O) groups excluding carboxylic acids is 1. The van der Waals surface area contributed by atoms with Gasteiger partial charge in [-0.1, -0.05) is 6.07 Å². The van der Waals surface area contributed by atoms with Gasteiger partial charge in [0, 0.05) is 11.8 Å². The van der Waals surface area contributed by atoms with E-state index in [-0.39, 0.29) is 5.41 Å². The van der Waals surface area contributed by atoms with Gasteiger partial charge in [0.15, 0.2) is 11.5 Å². The molecule has 1 heterocycles. The fraction of sp³-hybridized carbons (Fsp3) is 0.500. The molecule has 1 aliphatic heterocycles. The number of aldehydes is 1. The smallest absolute Gasteiger partial charge is 0.161 e. The van der Waals surface area contributed by atoms with Crippen molar-refractivity contribution in [2.24, 2.45) is 5.41 Å². The van der Waals surface area contributed by atoms with Crippen LogP contribution in [-0.4, -0.2) is 19.5 Å². The van der Waals surface area contributed by atoms with E-state index in [0.29, 0.717) is 6.42 Å². The molecule has 3 heteroatoms. The van der Waals surface area contributed by atoms with Gasteiger partial charge in [0.25, 0.3) is 0 Å². The second-order valence-electron chi connectivity index (χ2n) is 5.06. The van der Waals surface area contributed by atoms with Gasteiger partial charge >= 0.3 is 0 Å². The summed E-state index contributed by atoms with van der Waals surface area (Å²) < 4.78 is 11.6. The average Bonchev–Trinajstić information content (AvgIpc) is 3.15. The van der Waals surface area contributed by atoms with Crippen molar-refractivity contribution in [1.82, 2.24) is 0 Å². The average molecular weight is 232 g/mol. The van der Waals surface area contributed by atoms with Gasteiger partial charge in [0.2, 0.25) is 0 Å². The standard InChI is InChI=1S/C14H16O3/c15-7-1-2-11-3-4-12-13(8-11)17-10-14(5-6-14)9-16-12/h3-4,7-8H,1-2,5-6,9-10H2. The van der Waals surface area contributed by atoms with Crippen LogP contribution in [0.3, 0.4) is 0 Å². The van der Waals surface area contributed by atoms with E-state index >= 15 is 0 Å². The van der Waals surface area contributed by atoms with Crippen molar-refractivity contribution in [2.75, 3.05) is 13.2 Å². The minimum absolute atomic E-state index is 0.280. The van der Waals surface area contributed by atoms with Crippen molar-refractivity contribution in [3.63, 3.8) is 0 Å². The fourth-order valence-electron chi connectivity index (χ4n) is 2.13. The van der Waals surface area contributed by atoms with Crippen molar-refractivity contribution >= 4 is 6.29 Å². The van der Waals surface area contributed by atoms with Crippen LogP contribution in [0.2, 0.25) is 0 Å². The summed E-state index contributed by atoms with van der Waals surface area (Å²) in [5, 5.41) is 0. The molecule has 0 bridgehead atoms. The van der Waals surface area contributed by atoms with E-state index in [1.807, 2.05) is 18.2 Å². The Morgan fingerprint density at radius 1 is 1.18 bits per heavy atom. The summed E-state index contributed by atoms with van der Waals surface area (Å²) >= 11 is 0. The minimum Gasteiger partial charge on any atom is -0.489 e. The van der Waals surface area contributed by atoms with Gasteiger partial charge in [0.05, 0.1) is 13.2 Å². The predicted molar refractivity (Wildman–Crippen MR) is 63.5 cm³/mol. The van der Waals surface area contributed by atoms with Crippen LogP contribution in [0.15, 0.2) is 18.2 Å². The maximum Gasteiger partial charge on any atom is 0.161 e. The van der Waals surface area contributed by atoms with Crippen LogP contribution in [0.25, 0.3) is 0 Å². The Bertz CT molecular complexity index is 435. The van der Waals surface area contributed by atoms with E-state index in [9.17, 15) is 4.79 Å². The first-order valence-corrected chi connectivity index (χ1v) is 6.14. The topological polar surface area (TPSA) is 35.5 Å². The van der Waals surface area contributed by atoms with Crippen LogP contribution < -0.4 is 9.47 Å². The van der Waals surface area contributed by atoms with E-state index in [0.717, 1.165) is 43.0 Å². The van der Waals surface area contributed by atoms with E-state index in [1.165, 1.54) is 12.8 Å². The normalized spacial score (nSPS) is 19.8. The lowest BCUT2D eigenvalue weighted by Crippen LogP contribution is -2.17. The Labute approximate surface area is 101 Å². The predicted octanol–water partition coefficient (Wildman–Crippen LogP) is 2.37. The summed E-state index contributed by atoms with van der Waals surface area (Å²) in [4.78, 5) is 10.4. The number of aryl methyl sites for hydroxylation is 1. The Hall–Kier alpha value is -1.51. The summed E-state index contributed by atoms with van der Waals surface area (Å²) in [6.45, 7) is 1.53. The number of fused-ring (bicyclic) bond motifs is 1. The summed E-state index contributed by atoms with van der Waals surface area (Å²) in [5.41, 5.74) is 1.41. The number of hydrogen-bond acceptors (Lipinski definition) is 3. The SMILES string of the molecule is O=CCCc1ccc2c(c1)OCC1(CC1)CO2. The van der Waals surface area contributed by atoms with Gasteiger partial charge in [-0.15, -0.1) is 0 Å². The zero-order chi connectivity index (χ0) is 11.7. The van der Waals surface area contributed by atoms with Gasteiger partial charge in [-0.05, 0) is 37.0 Å². The fourth-order valence-corrected chi connectivity index (χ4v) is 2.13. The molecule has 1 aromatic carbocycles. The molecule has 3 nitrogen and oxygen atoms in total. The van der Waals surface area contributed by atoms with Crippen LogP contribution in [0.4, 0.5) is 0 Å². The van der Waals surface area contributed by atoms with Crippen molar-refractivity contribution in [2.45, 2.75) is 25.7 Å². The lowest BCUT2D eigenvalue weighted by molar-refractivity contribution is -0.107. The number of rotatable bonds is 3. The lowest BCUT2D eigenvalue weighted by Gasteiger charge is -2.08. The van der Waals surface area contributed by atoms with Crippen LogP contribution in [0.5, 0.6) is 11.5 Å². The van der Waals surface area contributed by atoms with Crippen molar-refractivity contribution in [3.8, 4) is 11.5 Å². The molecule has 0 radical (unpaired) electrons. The third-order valence-electron chi connectivity index (χ3n) is 3.58. The maximum absolute atomic E-state index is 10.4. The Morgan fingerprint density at radius 2 is 1.94 bits per heavy atom. The molecule has 1 aromatic rings. The molecule has 0 aromatic heterocycles. The second-order valence-corrected chi connectivity index (χ2v) is 5.06. The summed E-state index contributed by atoms with van der Waals surface area (Å²) in [6, 6.07) is 5.97. The molecule has 90 valence electrons.